The van der Waals surface area contributed by atoms with E-state index in [2.05, 4.69) is 26.2 Å². The van der Waals surface area contributed by atoms with E-state index >= 15 is 0 Å². The van der Waals surface area contributed by atoms with E-state index < -0.39 is 34.2 Å². The molecule has 0 saturated carbocycles. The van der Waals surface area contributed by atoms with Gasteiger partial charge in [-0.15, -0.1) is 0 Å². The van der Waals surface area contributed by atoms with Gasteiger partial charge in [-0.25, -0.2) is 0 Å². The van der Waals surface area contributed by atoms with E-state index in [-0.39, 0.29) is 0 Å². The molecule has 64 heavy (non-hydrogen) atoms. The number of nitrogens with two attached hydrogens (primary N) is 8. The van der Waals surface area contributed by atoms with Crippen molar-refractivity contribution >= 4 is 79.7 Å². The Hall–Kier alpha value is -4.17. The Morgan fingerprint density at radius 1 is 0.312 bits per heavy atom. The topological polar surface area (TPSA) is 282 Å². The number of benzene rings is 4. The first-order valence-corrected chi connectivity index (χ1v) is 32.1. The Morgan fingerprint density at radius 2 is 0.484 bits per heavy atom. The second kappa shape index (κ2) is 23.3. The highest BCUT2D eigenvalue weighted by Gasteiger charge is 2.56. The average molecular weight is 953 g/mol. The molecule has 1 saturated heterocycles. The molecule has 0 amide bonds. The predicted octanol–water partition coefficient (Wildman–Crippen LogP) is 7.44. The van der Waals surface area contributed by atoms with Crippen molar-refractivity contribution in [3.8, 4) is 0 Å². The van der Waals surface area contributed by atoms with Crippen LogP contribution < -0.4 is 45.9 Å². The molecule has 16 N–H and O–H groups in total. The summed E-state index contributed by atoms with van der Waals surface area (Å²) in [7, 11) is -11.9. The van der Waals surface area contributed by atoms with Crippen LogP contribution in [0.4, 0.5) is 45.5 Å². The molecule has 1 aliphatic heterocycles. The Bertz CT molecular complexity index is 1740. The van der Waals surface area contributed by atoms with Gasteiger partial charge in [-0.2, -0.15) is 0 Å². The van der Waals surface area contributed by atoms with Gasteiger partial charge in [0.15, 0.2) is 0 Å². The van der Waals surface area contributed by atoms with E-state index in [9.17, 15) is 0 Å². The van der Waals surface area contributed by atoms with Crippen LogP contribution in [-0.4, -0.2) is 60.7 Å². The highest BCUT2D eigenvalue weighted by molar-refractivity contribution is 6.93. The molecule has 352 valence electrons. The molecule has 20 heteroatoms. The van der Waals surface area contributed by atoms with Gasteiger partial charge in [0.05, 0.1) is 26.4 Å². The third kappa shape index (κ3) is 17.3. The van der Waals surface area contributed by atoms with Crippen molar-refractivity contribution in [2.45, 2.75) is 102 Å². The zero-order chi connectivity index (χ0) is 46.4. The van der Waals surface area contributed by atoms with Crippen molar-refractivity contribution in [1.82, 2.24) is 0 Å². The summed E-state index contributed by atoms with van der Waals surface area (Å²) >= 11 is 0. The summed E-state index contributed by atoms with van der Waals surface area (Å²) in [6.07, 6.45) is 2.89. The van der Waals surface area contributed by atoms with Gasteiger partial charge in [0.1, 0.15) is 0 Å². The number of anilines is 8. The summed E-state index contributed by atoms with van der Waals surface area (Å²) in [6.45, 7) is 12.2. The van der Waals surface area contributed by atoms with E-state index in [4.69, 9.17) is 81.3 Å². The molecular formula is C44H72N8O8Si4. The van der Waals surface area contributed by atoms with Crippen molar-refractivity contribution < 1.29 is 35.4 Å². The molecule has 4 aromatic rings. The molecule has 0 aromatic heterocycles. The maximum atomic E-state index is 7.40. The zero-order valence-corrected chi connectivity index (χ0v) is 42.1. The molecule has 1 fully saturated rings. The van der Waals surface area contributed by atoms with Gasteiger partial charge < -0.3 is 81.3 Å². The molecule has 0 aliphatic carbocycles. The minimum absolute atomic E-state index is 0.395. The summed E-state index contributed by atoms with van der Waals surface area (Å²) in [6, 6.07) is 24.7. The largest absolute Gasteiger partial charge is 0.416 e. The van der Waals surface area contributed by atoms with Crippen LogP contribution in [0.15, 0.2) is 72.8 Å². The summed E-state index contributed by atoms with van der Waals surface area (Å²) in [4.78, 5) is 0. The fourth-order valence-electron chi connectivity index (χ4n) is 8.38. The molecule has 5 rings (SSSR count). The Morgan fingerprint density at radius 3 is 0.656 bits per heavy atom. The number of hydrogen-bond acceptors (Lipinski definition) is 16. The maximum absolute atomic E-state index is 7.40. The standard InChI is InChI=1S/C44H72N8O8Si4/c1-61(13-5-9-53-29-33-17-37(45)25-38(46)18-33)57-62(2,14-6-10-54-30-34-19-39(47)26-40(48)20-34)59-64(4,16-8-12-56-32-36-23-43(51)28-44(52)24-36)60-63(3,58-61)15-7-11-55-31-35-21-41(49)27-42(50)22-35/h17-28H,5-16,29-32,45-52H2,1-4H3. The molecule has 16 nitrogen and oxygen atoms in total. The first-order chi connectivity index (χ1) is 30.3. The molecule has 1 heterocycles. The summed E-state index contributed by atoms with van der Waals surface area (Å²) < 4.78 is 54.1. The van der Waals surface area contributed by atoms with E-state index in [0.29, 0.717) is 123 Å². The predicted molar refractivity (Wildman–Crippen MR) is 268 cm³/mol. The third-order valence-corrected chi connectivity index (χ3v) is 29.5. The first kappa shape index (κ1) is 50.8. The third-order valence-electron chi connectivity index (χ3n) is 10.6. The molecular weight excluding hydrogens is 881 g/mol. The van der Waals surface area contributed by atoms with Gasteiger partial charge >= 0.3 is 34.2 Å². The fraction of sp³-hybridized carbons (Fsp3) is 0.455. The van der Waals surface area contributed by atoms with Crippen molar-refractivity contribution in [1.29, 1.82) is 0 Å². The van der Waals surface area contributed by atoms with Gasteiger partial charge in [-0.1, -0.05) is 0 Å². The van der Waals surface area contributed by atoms with Crippen LogP contribution in [-0.2, 0) is 61.8 Å². The minimum Gasteiger partial charge on any atom is -0.416 e. The molecule has 0 radical (unpaired) electrons. The quantitative estimate of drug-likeness (QED) is 0.0192. The average Bonchev–Trinajstić information content (AvgIpc) is 3.15. The summed E-state index contributed by atoms with van der Waals surface area (Å²) in [5.74, 6) is 0. The zero-order valence-electron chi connectivity index (χ0n) is 38.1. The van der Waals surface area contributed by atoms with Crippen LogP contribution in [0.3, 0.4) is 0 Å². The van der Waals surface area contributed by atoms with Crippen LogP contribution in [0.25, 0.3) is 0 Å². The van der Waals surface area contributed by atoms with Crippen LogP contribution >= 0.6 is 0 Å². The Kier molecular flexibility index (Phi) is 18.5. The molecule has 0 atom stereocenters. The van der Waals surface area contributed by atoms with E-state index in [1.165, 1.54) is 0 Å². The number of hydrogen-bond donors (Lipinski definition) is 8. The van der Waals surface area contributed by atoms with Crippen molar-refractivity contribution in [3.63, 3.8) is 0 Å². The fourth-order valence-corrected chi connectivity index (χ4v) is 31.6. The molecule has 0 unspecified atom stereocenters. The molecule has 0 spiro atoms. The summed E-state index contributed by atoms with van der Waals surface area (Å²) in [5, 5.41) is 0. The Labute approximate surface area is 383 Å². The lowest BCUT2D eigenvalue weighted by Crippen LogP contribution is -2.67. The normalized spacial score (nSPS) is 22.6. The highest BCUT2D eigenvalue weighted by atomic mass is 28.5. The number of rotatable bonds is 24. The highest BCUT2D eigenvalue weighted by Crippen LogP contribution is 2.39. The molecule has 1 aliphatic rings. The summed E-state index contributed by atoms with van der Waals surface area (Å²) in [5.41, 5.74) is 56.8. The lowest BCUT2D eigenvalue weighted by Gasteiger charge is -2.50. The van der Waals surface area contributed by atoms with E-state index in [1.54, 1.807) is 24.3 Å². The lowest BCUT2D eigenvalue weighted by molar-refractivity contribution is 0.114. The minimum atomic E-state index is -2.96. The van der Waals surface area contributed by atoms with Crippen LogP contribution in [0, 0.1) is 0 Å². The van der Waals surface area contributed by atoms with Gasteiger partial charge in [-0.3, -0.25) is 0 Å². The van der Waals surface area contributed by atoms with Crippen molar-refractivity contribution in [2.75, 3.05) is 72.3 Å². The lowest BCUT2D eigenvalue weighted by atomic mass is 10.2. The molecule has 4 aromatic carbocycles. The van der Waals surface area contributed by atoms with Gasteiger partial charge in [0.25, 0.3) is 0 Å². The SMILES string of the molecule is C[Si]1(CCCOCc2cc(N)cc(N)c2)O[Si](C)(CCCOCc2cc(N)cc(N)c2)O[Si](C)(CCCOCc2cc(N)cc(N)c2)O[Si](C)(CCCOCc2cc(N)cc(N)c2)O1. The van der Waals surface area contributed by atoms with Gasteiger partial charge in [0.2, 0.25) is 0 Å². The second-order valence-corrected chi connectivity index (χ2v) is 31.9. The van der Waals surface area contributed by atoms with Crippen LogP contribution in [0.2, 0.25) is 50.4 Å². The van der Waals surface area contributed by atoms with Crippen LogP contribution in [0.5, 0.6) is 0 Å². The van der Waals surface area contributed by atoms with E-state index in [0.717, 1.165) is 47.9 Å². The number of ether oxygens (including phenoxy) is 4. The smallest absolute Gasteiger partial charge is 0.317 e. The molecule has 0 bridgehead atoms. The second-order valence-electron chi connectivity index (χ2n) is 17.6. The van der Waals surface area contributed by atoms with Crippen molar-refractivity contribution in [2.24, 2.45) is 0 Å². The van der Waals surface area contributed by atoms with Gasteiger partial charge in [-0.05, 0) is 171 Å². The number of nitrogen functional groups attached to an aromatic ring is 8. The monoisotopic (exact) mass is 952 g/mol. The van der Waals surface area contributed by atoms with Crippen molar-refractivity contribution in [3.05, 3.63) is 95.1 Å². The first-order valence-electron chi connectivity index (χ1n) is 22.0. The van der Waals surface area contributed by atoms with Crippen LogP contribution in [0.1, 0.15) is 47.9 Å². The maximum Gasteiger partial charge on any atom is 0.317 e. The Balaban J connectivity index is 1.30. The van der Waals surface area contributed by atoms with E-state index in [1.807, 2.05) is 48.5 Å². The van der Waals surface area contributed by atoms with Gasteiger partial charge in [0, 0.05) is 71.9 Å².